The number of benzene rings is 3. The summed E-state index contributed by atoms with van der Waals surface area (Å²) < 4.78 is 99.3. The highest BCUT2D eigenvalue weighted by molar-refractivity contribution is 5.67. The molecule has 3 aromatic carbocycles. The number of allylic oxidation sites excluding steroid dienone is 2. The Morgan fingerprint density at radius 2 is 1.33 bits per heavy atom. The van der Waals surface area contributed by atoms with E-state index in [-0.39, 0.29) is 36.5 Å². The second-order valence-corrected chi connectivity index (χ2v) is 10.8. The Hall–Kier alpha value is -3.42. The average molecular weight is 591 g/mol. The molecule has 0 amide bonds. The van der Waals surface area contributed by atoms with Crippen molar-refractivity contribution in [2.24, 2.45) is 5.92 Å². The molecule has 0 atom stereocenters. The lowest BCUT2D eigenvalue weighted by atomic mass is 9.78. The minimum absolute atomic E-state index is 0.0168. The van der Waals surface area contributed by atoms with Crippen LogP contribution in [0.15, 0.2) is 48.6 Å². The first kappa shape index (κ1) is 31.5. The van der Waals surface area contributed by atoms with Crippen molar-refractivity contribution in [3.8, 4) is 22.6 Å². The second-order valence-electron chi connectivity index (χ2n) is 10.8. The summed E-state index contributed by atoms with van der Waals surface area (Å²) in [6, 6.07) is 8.03. The summed E-state index contributed by atoms with van der Waals surface area (Å²) in [5.74, 6) is -7.55. The molecule has 0 heterocycles. The SMILES string of the molecule is C/C=C/CCc1ccc(C2CCC(COc3ccc(-c4ccc(OCCCC)c(F)c4F)c(F)c3F)CC2)c(F)c1F. The van der Waals surface area contributed by atoms with Gasteiger partial charge < -0.3 is 9.47 Å². The molecule has 3 aromatic rings. The number of halogens is 6. The third kappa shape index (κ3) is 7.13. The lowest BCUT2D eigenvalue weighted by Crippen LogP contribution is -2.20. The van der Waals surface area contributed by atoms with E-state index >= 15 is 0 Å². The second kappa shape index (κ2) is 14.7. The molecular formula is C34H36F6O2. The molecular weight excluding hydrogens is 554 g/mol. The summed E-state index contributed by atoms with van der Waals surface area (Å²) in [5, 5.41) is 0. The van der Waals surface area contributed by atoms with Crippen molar-refractivity contribution >= 4 is 0 Å². The molecule has 1 aliphatic carbocycles. The van der Waals surface area contributed by atoms with Gasteiger partial charge in [0.05, 0.1) is 13.2 Å². The summed E-state index contributed by atoms with van der Waals surface area (Å²) in [6.07, 6.45) is 8.85. The van der Waals surface area contributed by atoms with Gasteiger partial charge in [0, 0.05) is 11.1 Å². The van der Waals surface area contributed by atoms with Gasteiger partial charge in [0.2, 0.25) is 11.6 Å². The van der Waals surface area contributed by atoms with Crippen LogP contribution in [0, 0.1) is 40.8 Å². The fourth-order valence-electron chi connectivity index (χ4n) is 5.39. The van der Waals surface area contributed by atoms with Crippen LogP contribution >= 0.6 is 0 Å². The number of hydrogen-bond acceptors (Lipinski definition) is 2. The van der Waals surface area contributed by atoms with Gasteiger partial charge in [-0.3, -0.25) is 0 Å². The van der Waals surface area contributed by atoms with Gasteiger partial charge in [-0.05, 0) is 99.1 Å². The van der Waals surface area contributed by atoms with Crippen molar-refractivity contribution in [3.05, 3.63) is 94.6 Å². The van der Waals surface area contributed by atoms with E-state index < -0.39 is 46.0 Å². The van der Waals surface area contributed by atoms with Crippen LogP contribution in [-0.2, 0) is 6.42 Å². The molecule has 4 rings (SSSR count). The Balaban J connectivity index is 1.36. The van der Waals surface area contributed by atoms with Crippen LogP contribution in [0.25, 0.3) is 11.1 Å². The van der Waals surface area contributed by atoms with E-state index in [0.29, 0.717) is 56.1 Å². The minimum atomic E-state index is -1.35. The largest absolute Gasteiger partial charge is 0.490 e. The zero-order valence-corrected chi connectivity index (χ0v) is 23.9. The molecule has 8 heteroatoms. The van der Waals surface area contributed by atoms with E-state index in [1.807, 2.05) is 26.0 Å². The van der Waals surface area contributed by atoms with Crippen molar-refractivity contribution in [1.82, 2.24) is 0 Å². The Bertz CT molecular complexity index is 1400. The molecule has 1 saturated carbocycles. The van der Waals surface area contributed by atoms with Gasteiger partial charge in [-0.15, -0.1) is 0 Å². The number of unbranched alkanes of at least 4 members (excludes halogenated alkanes) is 1. The molecule has 226 valence electrons. The highest BCUT2D eigenvalue weighted by Crippen LogP contribution is 2.39. The Labute approximate surface area is 243 Å². The summed E-state index contributed by atoms with van der Waals surface area (Å²) in [6.45, 7) is 4.13. The summed E-state index contributed by atoms with van der Waals surface area (Å²) >= 11 is 0. The van der Waals surface area contributed by atoms with Crippen LogP contribution in [0.1, 0.15) is 75.8 Å². The Morgan fingerprint density at radius 1 is 0.714 bits per heavy atom. The first-order valence-electron chi connectivity index (χ1n) is 14.6. The number of ether oxygens (including phenoxy) is 2. The van der Waals surface area contributed by atoms with Crippen molar-refractivity contribution in [3.63, 3.8) is 0 Å². The molecule has 0 unspecified atom stereocenters. The predicted molar refractivity (Wildman–Crippen MR) is 152 cm³/mol. The molecule has 42 heavy (non-hydrogen) atoms. The lowest BCUT2D eigenvalue weighted by Gasteiger charge is -2.29. The lowest BCUT2D eigenvalue weighted by molar-refractivity contribution is 0.192. The van der Waals surface area contributed by atoms with Crippen molar-refractivity contribution in [2.45, 2.75) is 71.1 Å². The van der Waals surface area contributed by atoms with Crippen LogP contribution in [0.4, 0.5) is 26.3 Å². The zero-order chi connectivity index (χ0) is 30.2. The number of rotatable bonds is 12. The molecule has 0 aromatic heterocycles. The van der Waals surface area contributed by atoms with Crippen LogP contribution in [0.5, 0.6) is 11.5 Å². The van der Waals surface area contributed by atoms with Crippen molar-refractivity contribution < 1.29 is 35.8 Å². The van der Waals surface area contributed by atoms with Gasteiger partial charge in [-0.25, -0.2) is 17.6 Å². The summed E-state index contributed by atoms with van der Waals surface area (Å²) in [7, 11) is 0. The molecule has 0 aliphatic heterocycles. The smallest absolute Gasteiger partial charge is 0.201 e. The maximum absolute atomic E-state index is 15.0. The Kier molecular flexibility index (Phi) is 11.0. The van der Waals surface area contributed by atoms with Gasteiger partial charge in [0.1, 0.15) is 0 Å². The topological polar surface area (TPSA) is 18.5 Å². The van der Waals surface area contributed by atoms with Gasteiger partial charge in [0.25, 0.3) is 0 Å². The zero-order valence-electron chi connectivity index (χ0n) is 23.9. The first-order chi connectivity index (χ1) is 20.3. The van der Waals surface area contributed by atoms with Gasteiger partial charge in [0.15, 0.2) is 34.8 Å². The monoisotopic (exact) mass is 590 g/mol. The first-order valence-corrected chi connectivity index (χ1v) is 14.6. The van der Waals surface area contributed by atoms with Crippen molar-refractivity contribution in [2.75, 3.05) is 13.2 Å². The Morgan fingerprint density at radius 3 is 1.93 bits per heavy atom. The van der Waals surface area contributed by atoms with E-state index in [9.17, 15) is 26.3 Å². The molecule has 0 spiro atoms. The van der Waals surface area contributed by atoms with Crippen LogP contribution in [-0.4, -0.2) is 13.2 Å². The van der Waals surface area contributed by atoms with Gasteiger partial charge in [-0.2, -0.15) is 8.78 Å². The van der Waals surface area contributed by atoms with E-state index in [1.54, 1.807) is 12.1 Å². The van der Waals surface area contributed by atoms with E-state index in [1.165, 1.54) is 12.1 Å². The third-order valence-electron chi connectivity index (χ3n) is 7.91. The minimum Gasteiger partial charge on any atom is -0.490 e. The van der Waals surface area contributed by atoms with E-state index in [4.69, 9.17) is 9.47 Å². The van der Waals surface area contributed by atoms with E-state index in [2.05, 4.69) is 0 Å². The molecule has 0 saturated heterocycles. The van der Waals surface area contributed by atoms with Gasteiger partial charge in [-0.1, -0.05) is 37.6 Å². The molecule has 2 nitrogen and oxygen atoms in total. The van der Waals surface area contributed by atoms with Crippen molar-refractivity contribution in [1.29, 1.82) is 0 Å². The predicted octanol–water partition coefficient (Wildman–Crippen LogP) is 10.2. The molecule has 0 radical (unpaired) electrons. The number of hydrogen-bond donors (Lipinski definition) is 0. The summed E-state index contributed by atoms with van der Waals surface area (Å²) in [5.41, 5.74) is -0.127. The van der Waals surface area contributed by atoms with E-state index in [0.717, 1.165) is 18.6 Å². The summed E-state index contributed by atoms with van der Waals surface area (Å²) in [4.78, 5) is 0. The maximum Gasteiger partial charge on any atom is 0.201 e. The highest BCUT2D eigenvalue weighted by Gasteiger charge is 2.28. The molecule has 0 N–H and O–H groups in total. The fraction of sp³-hybridized carbons (Fsp3) is 0.412. The number of aryl methyl sites for hydroxylation is 1. The molecule has 1 aliphatic rings. The standard InChI is InChI=1S/C34H36F6O2/c1-3-5-7-8-23-13-14-24(30(36)29(23)35)22-11-9-21(10-12-22)20-42-28-18-16-26(32(38)34(28)40)25-15-17-27(33(39)31(25)37)41-19-6-4-2/h3,5,13-18,21-22H,4,6-12,19-20H2,1-2H3/b5-3+. The normalized spacial score (nSPS) is 17.1. The van der Waals surface area contributed by atoms with Crippen LogP contribution in [0.2, 0.25) is 0 Å². The quantitative estimate of drug-likeness (QED) is 0.119. The average Bonchev–Trinajstić information content (AvgIpc) is 2.99. The molecule has 0 bridgehead atoms. The highest BCUT2D eigenvalue weighted by atomic mass is 19.2. The third-order valence-corrected chi connectivity index (χ3v) is 7.91. The van der Waals surface area contributed by atoms with Gasteiger partial charge >= 0.3 is 0 Å². The van der Waals surface area contributed by atoms with Crippen LogP contribution in [0.3, 0.4) is 0 Å². The maximum atomic E-state index is 15.0. The van der Waals surface area contributed by atoms with Crippen LogP contribution < -0.4 is 9.47 Å². The molecule has 1 fully saturated rings. The fourth-order valence-corrected chi connectivity index (χ4v) is 5.39.